The molecule has 3 rings (SSSR count). The number of rotatable bonds is 5. The summed E-state index contributed by atoms with van der Waals surface area (Å²) in [5.74, 6) is 0. The van der Waals surface area contributed by atoms with Crippen LogP contribution in [0, 0.1) is 10.1 Å². The van der Waals surface area contributed by atoms with Crippen LogP contribution in [0.25, 0.3) is 16.5 Å². The number of aryl methyl sites for hydroxylation is 1. The molecule has 1 heterocycles. The zero-order valence-electron chi connectivity index (χ0n) is 12.5. The zero-order chi connectivity index (χ0) is 15.5. The average molecular weight is 294 g/mol. The molecule has 0 saturated carbocycles. The molecule has 22 heavy (non-hydrogen) atoms. The maximum atomic E-state index is 10.8. The molecule has 0 N–H and O–H groups in total. The molecular formula is C18H18N2O2. The SMILES string of the molecule is CCCCc1ccc(-n2cc3ccc([N+](=O)[O-])cc3c2)cc1. The Morgan fingerprint density at radius 3 is 2.45 bits per heavy atom. The van der Waals surface area contributed by atoms with Crippen LogP contribution >= 0.6 is 0 Å². The summed E-state index contributed by atoms with van der Waals surface area (Å²) in [4.78, 5) is 10.5. The van der Waals surface area contributed by atoms with Crippen LogP contribution < -0.4 is 0 Å². The first-order chi connectivity index (χ1) is 10.7. The number of non-ortho nitro benzene ring substituents is 1. The lowest BCUT2D eigenvalue weighted by molar-refractivity contribution is -0.384. The Bertz CT molecular complexity index is 804. The van der Waals surface area contributed by atoms with E-state index in [0.717, 1.165) is 22.9 Å². The van der Waals surface area contributed by atoms with E-state index >= 15 is 0 Å². The Hall–Kier alpha value is -2.62. The van der Waals surface area contributed by atoms with Crippen molar-refractivity contribution in [3.8, 4) is 5.69 Å². The molecule has 0 unspecified atom stereocenters. The van der Waals surface area contributed by atoms with E-state index in [1.54, 1.807) is 18.2 Å². The fraction of sp³-hybridized carbons (Fsp3) is 0.222. The standard InChI is InChI=1S/C18H18N2O2/c1-2-3-4-14-5-8-17(9-6-14)19-12-15-7-10-18(20(21)22)11-16(15)13-19/h5-13H,2-4H2,1H3. The van der Waals surface area contributed by atoms with Crippen LogP contribution in [0.2, 0.25) is 0 Å². The molecule has 0 bridgehead atoms. The summed E-state index contributed by atoms with van der Waals surface area (Å²) < 4.78 is 2.01. The van der Waals surface area contributed by atoms with Crippen molar-refractivity contribution in [2.45, 2.75) is 26.2 Å². The van der Waals surface area contributed by atoms with E-state index in [-0.39, 0.29) is 10.6 Å². The molecule has 3 aromatic rings. The second kappa shape index (κ2) is 6.02. The van der Waals surface area contributed by atoms with Gasteiger partial charge in [0.25, 0.3) is 5.69 Å². The van der Waals surface area contributed by atoms with Crippen molar-refractivity contribution >= 4 is 16.5 Å². The Labute approximate surface area is 129 Å². The predicted molar refractivity (Wildman–Crippen MR) is 88.5 cm³/mol. The largest absolute Gasteiger partial charge is 0.323 e. The molecule has 2 aromatic carbocycles. The molecule has 0 spiro atoms. The highest BCUT2D eigenvalue weighted by atomic mass is 16.6. The van der Waals surface area contributed by atoms with Crippen LogP contribution in [0.3, 0.4) is 0 Å². The third-order valence-electron chi connectivity index (χ3n) is 3.89. The summed E-state index contributed by atoms with van der Waals surface area (Å²) in [5.41, 5.74) is 2.54. The van der Waals surface area contributed by atoms with Gasteiger partial charge in [0.15, 0.2) is 0 Å². The van der Waals surface area contributed by atoms with Crippen LogP contribution in [0.4, 0.5) is 5.69 Å². The minimum Gasteiger partial charge on any atom is -0.323 e. The molecule has 0 amide bonds. The molecule has 1 aromatic heterocycles. The Balaban J connectivity index is 1.91. The topological polar surface area (TPSA) is 48.1 Å². The Morgan fingerprint density at radius 1 is 1.05 bits per heavy atom. The molecule has 0 aliphatic carbocycles. The molecule has 4 nitrogen and oxygen atoms in total. The van der Waals surface area contributed by atoms with Crippen LogP contribution in [0.15, 0.2) is 54.9 Å². The van der Waals surface area contributed by atoms with Gasteiger partial charge >= 0.3 is 0 Å². The number of nitro groups is 1. The first-order valence-corrected chi connectivity index (χ1v) is 7.53. The lowest BCUT2D eigenvalue weighted by Gasteiger charge is -2.04. The summed E-state index contributed by atoms with van der Waals surface area (Å²) in [7, 11) is 0. The quantitative estimate of drug-likeness (QED) is 0.497. The van der Waals surface area contributed by atoms with Crippen LogP contribution in [0.5, 0.6) is 0 Å². The summed E-state index contributed by atoms with van der Waals surface area (Å²) in [6.07, 6.45) is 7.44. The van der Waals surface area contributed by atoms with Gasteiger partial charge < -0.3 is 4.57 Å². The van der Waals surface area contributed by atoms with Crippen molar-refractivity contribution in [2.24, 2.45) is 0 Å². The van der Waals surface area contributed by atoms with Crippen molar-refractivity contribution in [3.05, 3.63) is 70.5 Å². The minimum absolute atomic E-state index is 0.125. The number of nitro benzene ring substituents is 1. The summed E-state index contributed by atoms with van der Waals surface area (Å²) >= 11 is 0. The molecule has 0 aliphatic heterocycles. The van der Waals surface area contributed by atoms with Gasteiger partial charge in [-0.1, -0.05) is 25.5 Å². The van der Waals surface area contributed by atoms with Crippen molar-refractivity contribution in [2.75, 3.05) is 0 Å². The number of benzene rings is 2. The monoisotopic (exact) mass is 294 g/mol. The Kier molecular flexibility index (Phi) is 3.92. The van der Waals surface area contributed by atoms with Crippen LogP contribution in [-0.4, -0.2) is 9.49 Å². The molecule has 112 valence electrons. The van der Waals surface area contributed by atoms with E-state index in [9.17, 15) is 10.1 Å². The highest BCUT2D eigenvalue weighted by Gasteiger charge is 2.08. The highest BCUT2D eigenvalue weighted by Crippen LogP contribution is 2.24. The molecule has 0 radical (unpaired) electrons. The molecule has 0 aliphatic rings. The first kappa shape index (κ1) is 14.3. The van der Waals surface area contributed by atoms with Gasteiger partial charge in [0, 0.05) is 41.0 Å². The van der Waals surface area contributed by atoms with Gasteiger partial charge in [0.2, 0.25) is 0 Å². The van der Waals surface area contributed by atoms with Crippen LogP contribution in [-0.2, 0) is 6.42 Å². The van der Waals surface area contributed by atoms with Crippen molar-refractivity contribution in [3.63, 3.8) is 0 Å². The van der Waals surface area contributed by atoms with E-state index in [4.69, 9.17) is 0 Å². The lowest BCUT2D eigenvalue weighted by atomic mass is 10.1. The average Bonchev–Trinajstić information content (AvgIpc) is 2.96. The summed E-state index contributed by atoms with van der Waals surface area (Å²) in [6.45, 7) is 2.19. The molecule has 0 fully saturated rings. The van der Waals surface area contributed by atoms with Gasteiger partial charge in [0.1, 0.15) is 0 Å². The van der Waals surface area contributed by atoms with Gasteiger partial charge in [-0.15, -0.1) is 0 Å². The molecule has 0 atom stereocenters. The lowest BCUT2D eigenvalue weighted by Crippen LogP contribution is -1.90. The molecular weight excluding hydrogens is 276 g/mol. The number of nitrogens with zero attached hydrogens (tertiary/aromatic N) is 2. The normalized spacial score (nSPS) is 11.0. The van der Waals surface area contributed by atoms with Crippen molar-refractivity contribution in [1.29, 1.82) is 0 Å². The fourth-order valence-corrected chi connectivity index (χ4v) is 2.61. The van der Waals surface area contributed by atoms with Crippen LogP contribution in [0.1, 0.15) is 25.3 Å². The number of aromatic nitrogens is 1. The zero-order valence-corrected chi connectivity index (χ0v) is 12.5. The summed E-state index contributed by atoms with van der Waals surface area (Å²) in [6, 6.07) is 13.4. The number of hydrogen-bond donors (Lipinski definition) is 0. The Morgan fingerprint density at radius 2 is 1.77 bits per heavy atom. The third kappa shape index (κ3) is 2.86. The van der Waals surface area contributed by atoms with Gasteiger partial charge in [-0.05, 0) is 36.6 Å². The highest BCUT2D eigenvalue weighted by molar-refractivity contribution is 5.85. The third-order valence-corrected chi connectivity index (χ3v) is 3.89. The van der Waals surface area contributed by atoms with Crippen molar-refractivity contribution in [1.82, 2.24) is 4.57 Å². The van der Waals surface area contributed by atoms with E-state index in [2.05, 4.69) is 31.2 Å². The second-order valence-corrected chi connectivity index (χ2v) is 5.51. The fourth-order valence-electron chi connectivity index (χ4n) is 2.61. The maximum Gasteiger partial charge on any atom is 0.270 e. The van der Waals surface area contributed by atoms with E-state index in [0.29, 0.717) is 0 Å². The molecule has 0 saturated heterocycles. The van der Waals surface area contributed by atoms with Gasteiger partial charge in [-0.25, -0.2) is 0 Å². The van der Waals surface area contributed by atoms with Gasteiger partial charge in [-0.3, -0.25) is 10.1 Å². The maximum absolute atomic E-state index is 10.8. The van der Waals surface area contributed by atoms with E-state index in [1.165, 1.54) is 18.4 Å². The first-order valence-electron chi connectivity index (χ1n) is 7.53. The smallest absolute Gasteiger partial charge is 0.270 e. The van der Waals surface area contributed by atoms with Crippen molar-refractivity contribution < 1.29 is 4.92 Å². The van der Waals surface area contributed by atoms with E-state index in [1.807, 2.05) is 17.0 Å². The summed E-state index contributed by atoms with van der Waals surface area (Å²) in [5, 5.41) is 12.7. The predicted octanol–water partition coefficient (Wildman–Crippen LogP) is 4.88. The minimum atomic E-state index is -0.362. The van der Waals surface area contributed by atoms with Gasteiger partial charge in [0.05, 0.1) is 4.92 Å². The number of unbranched alkanes of at least 4 members (excludes halogenated alkanes) is 1. The number of fused-ring (bicyclic) bond motifs is 1. The number of hydrogen-bond acceptors (Lipinski definition) is 2. The molecule has 4 heteroatoms. The second-order valence-electron chi connectivity index (χ2n) is 5.51. The van der Waals surface area contributed by atoms with Gasteiger partial charge in [-0.2, -0.15) is 0 Å². The van der Waals surface area contributed by atoms with E-state index < -0.39 is 0 Å².